The summed E-state index contributed by atoms with van der Waals surface area (Å²) in [5, 5.41) is 3.56. The lowest BCUT2D eigenvalue weighted by Gasteiger charge is -2.33. The lowest BCUT2D eigenvalue weighted by molar-refractivity contribution is 0.263. The lowest BCUT2D eigenvalue weighted by atomic mass is 9.98. The van der Waals surface area contributed by atoms with Gasteiger partial charge in [-0.3, -0.25) is 0 Å². The summed E-state index contributed by atoms with van der Waals surface area (Å²) in [6.45, 7) is 2.41. The molecule has 1 saturated carbocycles. The highest BCUT2D eigenvalue weighted by atomic mass is 32.2. The van der Waals surface area contributed by atoms with Crippen LogP contribution < -0.4 is 10.0 Å². The second-order valence-electron chi connectivity index (χ2n) is 6.56. The minimum absolute atomic E-state index is 0.128. The van der Waals surface area contributed by atoms with Crippen molar-refractivity contribution >= 4 is 22.0 Å². The molecular formula is C14H27N3O2S2. The average Bonchev–Trinajstić information content (AvgIpc) is 3.30. The van der Waals surface area contributed by atoms with Gasteiger partial charge in [0.1, 0.15) is 0 Å². The van der Waals surface area contributed by atoms with E-state index in [0.717, 1.165) is 49.8 Å². The van der Waals surface area contributed by atoms with Crippen molar-refractivity contribution in [1.82, 2.24) is 14.3 Å². The highest BCUT2D eigenvalue weighted by Crippen LogP contribution is 2.23. The zero-order valence-corrected chi connectivity index (χ0v) is 14.2. The summed E-state index contributed by atoms with van der Waals surface area (Å²) < 4.78 is 29.4. The van der Waals surface area contributed by atoms with Crippen molar-refractivity contribution in [2.75, 3.05) is 31.1 Å². The Hall–Kier alpha value is 0.180. The first-order chi connectivity index (χ1) is 10.1. The molecule has 0 bridgehead atoms. The van der Waals surface area contributed by atoms with Crippen LogP contribution in [-0.4, -0.2) is 55.9 Å². The van der Waals surface area contributed by atoms with Crippen LogP contribution in [0.4, 0.5) is 0 Å². The van der Waals surface area contributed by atoms with E-state index in [1.807, 2.05) is 11.8 Å². The average molecular weight is 334 g/mol. The van der Waals surface area contributed by atoms with Crippen LogP contribution in [-0.2, 0) is 10.2 Å². The Morgan fingerprint density at radius 3 is 2.43 bits per heavy atom. The summed E-state index contributed by atoms with van der Waals surface area (Å²) in [7, 11) is -3.28. The first-order valence-corrected chi connectivity index (χ1v) is 10.8. The van der Waals surface area contributed by atoms with E-state index >= 15 is 0 Å². The third kappa shape index (κ3) is 4.82. The molecule has 21 heavy (non-hydrogen) atoms. The Morgan fingerprint density at radius 1 is 1.05 bits per heavy atom. The van der Waals surface area contributed by atoms with Gasteiger partial charge >= 0.3 is 0 Å². The standard InChI is InChI=1S/C14H27N3O2S2/c18-21(19,16-14-2-1-9-20-11-14)17-7-5-12(6-8-17)10-15-13-3-4-13/h12-16H,1-11H2. The zero-order chi connectivity index (χ0) is 14.7. The van der Waals surface area contributed by atoms with Gasteiger partial charge in [-0.05, 0) is 56.7 Å². The predicted octanol–water partition coefficient (Wildman–Crippen LogP) is 1.18. The summed E-state index contributed by atoms with van der Waals surface area (Å²) >= 11 is 1.85. The Bertz CT molecular complexity index is 426. The quantitative estimate of drug-likeness (QED) is 0.766. The Kier molecular flexibility index (Phi) is 5.48. The molecule has 2 heterocycles. The summed E-state index contributed by atoms with van der Waals surface area (Å²) in [5.41, 5.74) is 0. The molecule has 2 saturated heterocycles. The zero-order valence-electron chi connectivity index (χ0n) is 12.6. The molecule has 5 nitrogen and oxygen atoms in total. The third-order valence-corrected chi connectivity index (χ3v) is 7.55. The molecule has 3 rings (SSSR count). The van der Waals surface area contributed by atoms with Crippen molar-refractivity contribution in [3.63, 3.8) is 0 Å². The maximum Gasteiger partial charge on any atom is 0.279 e. The predicted molar refractivity (Wildman–Crippen MR) is 87.7 cm³/mol. The van der Waals surface area contributed by atoms with Gasteiger partial charge in [0.15, 0.2) is 0 Å². The van der Waals surface area contributed by atoms with Crippen LogP contribution in [0, 0.1) is 5.92 Å². The molecule has 122 valence electrons. The van der Waals surface area contributed by atoms with Crippen molar-refractivity contribution in [1.29, 1.82) is 0 Å². The van der Waals surface area contributed by atoms with E-state index in [0.29, 0.717) is 19.0 Å². The monoisotopic (exact) mass is 333 g/mol. The molecule has 2 N–H and O–H groups in total. The normalized spacial score (nSPS) is 29.6. The maximum absolute atomic E-state index is 12.4. The number of nitrogens with one attached hydrogen (secondary N) is 2. The molecule has 0 aromatic rings. The van der Waals surface area contributed by atoms with Crippen LogP contribution in [0.15, 0.2) is 0 Å². The number of rotatable bonds is 6. The van der Waals surface area contributed by atoms with Gasteiger partial charge in [0.2, 0.25) is 0 Å². The van der Waals surface area contributed by atoms with Gasteiger partial charge in [-0.2, -0.15) is 29.2 Å². The first kappa shape index (κ1) is 16.1. The second kappa shape index (κ2) is 7.17. The van der Waals surface area contributed by atoms with Gasteiger partial charge in [-0.15, -0.1) is 0 Å². The molecular weight excluding hydrogens is 306 g/mol. The molecule has 2 aliphatic heterocycles. The fraction of sp³-hybridized carbons (Fsp3) is 1.00. The highest BCUT2D eigenvalue weighted by Gasteiger charge is 2.31. The van der Waals surface area contributed by atoms with Gasteiger partial charge < -0.3 is 5.32 Å². The molecule has 0 spiro atoms. The topological polar surface area (TPSA) is 61.4 Å². The SMILES string of the molecule is O=S(=O)(NC1CCCSC1)N1CCC(CNC2CC2)CC1. The fourth-order valence-corrected chi connectivity index (χ4v) is 5.73. The van der Waals surface area contributed by atoms with Gasteiger partial charge in [0.05, 0.1) is 0 Å². The number of nitrogens with zero attached hydrogens (tertiary/aromatic N) is 1. The molecule has 0 radical (unpaired) electrons. The van der Waals surface area contributed by atoms with E-state index in [2.05, 4.69) is 10.0 Å². The van der Waals surface area contributed by atoms with Crippen LogP contribution >= 0.6 is 11.8 Å². The van der Waals surface area contributed by atoms with Crippen molar-refractivity contribution in [2.24, 2.45) is 5.92 Å². The van der Waals surface area contributed by atoms with E-state index < -0.39 is 10.2 Å². The molecule has 7 heteroatoms. The summed E-state index contributed by atoms with van der Waals surface area (Å²) in [4.78, 5) is 0. The molecule has 1 atom stereocenters. The van der Waals surface area contributed by atoms with Crippen LogP contribution in [0.5, 0.6) is 0 Å². The van der Waals surface area contributed by atoms with E-state index in [9.17, 15) is 8.42 Å². The Balaban J connectivity index is 1.43. The van der Waals surface area contributed by atoms with Crippen LogP contribution in [0.2, 0.25) is 0 Å². The minimum Gasteiger partial charge on any atom is -0.314 e. The van der Waals surface area contributed by atoms with Gasteiger partial charge in [-0.1, -0.05) is 0 Å². The molecule has 3 aliphatic rings. The van der Waals surface area contributed by atoms with E-state index in [-0.39, 0.29) is 6.04 Å². The Morgan fingerprint density at radius 2 is 1.81 bits per heavy atom. The van der Waals surface area contributed by atoms with Crippen LogP contribution in [0.25, 0.3) is 0 Å². The largest absolute Gasteiger partial charge is 0.314 e. The number of thioether (sulfide) groups is 1. The van der Waals surface area contributed by atoms with E-state index in [1.165, 1.54) is 12.8 Å². The van der Waals surface area contributed by atoms with Crippen molar-refractivity contribution in [3.05, 3.63) is 0 Å². The highest BCUT2D eigenvalue weighted by molar-refractivity contribution is 7.99. The summed E-state index contributed by atoms with van der Waals surface area (Å²) in [6.07, 6.45) is 6.70. The molecule has 0 amide bonds. The molecule has 1 aliphatic carbocycles. The van der Waals surface area contributed by atoms with Gasteiger partial charge in [0, 0.05) is 30.9 Å². The van der Waals surface area contributed by atoms with Crippen LogP contribution in [0.1, 0.15) is 38.5 Å². The van der Waals surface area contributed by atoms with E-state index in [4.69, 9.17) is 0 Å². The Labute approximate surface area is 132 Å². The minimum atomic E-state index is -3.28. The molecule has 0 aromatic carbocycles. The van der Waals surface area contributed by atoms with E-state index in [1.54, 1.807) is 4.31 Å². The smallest absolute Gasteiger partial charge is 0.279 e. The van der Waals surface area contributed by atoms with Crippen molar-refractivity contribution in [3.8, 4) is 0 Å². The second-order valence-corrected chi connectivity index (χ2v) is 9.41. The van der Waals surface area contributed by atoms with Crippen LogP contribution in [0.3, 0.4) is 0 Å². The lowest BCUT2D eigenvalue weighted by Crippen LogP contribution is -2.50. The van der Waals surface area contributed by atoms with Gasteiger partial charge in [-0.25, -0.2) is 0 Å². The maximum atomic E-state index is 12.4. The number of hydrogen-bond donors (Lipinski definition) is 2. The summed E-state index contributed by atoms with van der Waals surface area (Å²) in [6, 6.07) is 0.875. The van der Waals surface area contributed by atoms with Crippen molar-refractivity contribution < 1.29 is 8.42 Å². The third-order valence-electron chi connectivity index (χ3n) is 4.66. The van der Waals surface area contributed by atoms with Crippen molar-refractivity contribution in [2.45, 2.75) is 50.6 Å². The number of piperidine rings is 1. The van der Waals surface area contributed by atoms with Gasteiger partial charge in [0.25, 0.3) is 10.2 Å². The molecule has 3 fully saturated rings. The summed E-state index contributed by atoms with van der Waals surface area (Å²) in [5.74, 6) is 2.72. The molecule has 1 unspecified atom stereocenters. The number of hydrogen-bond acceptors (Lipinski definition) is 4. The first-order valence-electron chi connectivity index (χ1n) is 8.22. The molecule has 0 aromatic heterocycles. The fourth-order valence-electron chi connectivity index (χ4n) is 3.09.